The van der Waals surface area contributed by atoms with Crippen molar-refractivity contribution in [3.63, 3.8) is 0 Å². The Morgan fingerprint density at radius 1 is 1.29 bits per heavy atom. The van der Waals surface area contributed by atoms with Gasteiger partial charge in [-0.15, -0.1) is 5.10 Å². The first kappa shape index (κ1) is 15.4. The number of aryl methyl sites for hydroxylation is 2. The molecule has 0 aliphatic rings. The van der Waals surface area contributed by atoms with Gasteiger partial charge in [0.2, 0.25) is 11.9 Å². The van der Waals surface area contributed by atoms with Gasteiger partial charge < -0.3 is 20.4 Å². The van der Waals surface area contributed by atoms with Crippen LogP contribution < -0.4 is 11.1 Å². The molecule has 3 N–H and O–H groups in total. The summed E-state index contributed by atoms with van der Waals surface area (Å²) in [6.07, 6.45) is 3.06. The van der Waals surface area contributed by atoms with Gasteiger partial charge >= 0.3 is 0 Å². The Labute approximate surface area is 125 Å². The van der Waals surface area contributed by atoms with Crippen LogP contribution in [0.5, 0.6) is 0 Å². The van der Waals surface area contributed by atoms with Gasteiger partial charge in [-0.3, -0.25) is 0 Å². The molecule has 0 unspecified atom stereocenters. The van der Waals surface area contributed by atoms with Crippen molar-refractivity contribution in [2.75, 3.05) is 31.7 Å². The molecular weight excluding hydrogens is 268 g/mol. The van der Waals surface area contributed by atoms with Gasteiger partial charge in [-0.05, 0) is 39.1 Å². The van der Waals surface area contributed by atoms with E-state index in [1.165, 1.54) is 0 Å². The first-order chi connectivity index (χ1) is 10.0. The number of hydrogen-bond acceptors (Lipinski definition) is 6. The van der Waals surface area contributed by atoms with Crippen molar-refractivity contribution in [3.8, 4) is 0 Å². The van der Waals surface area contributed by atoms with Crippen LogP contribution in [0.4, 0.5) is 11.9 Å². The quantitative estimate of drug-likeness (QED) is 0.717. The number of hydrogen-bond donors (Lipinski definition) is 2. The Morgan fingerprint density at radius 3 is 2.71 bits per heavy atom. The molecule has 7 heteroatoms. The second-order valence-electron chi connectivity index (χ2n) is 5.41. The van der Waals surface area contributed by atoms with Crippen LogP contribution in [0, 0.1) is 0 Å². The third-order valence-electron chi connectivity index (χ3n) is 3.10. The summed E-state index contributed by atoms with van der Waals surface area (Å²) in [5.74, 6) is 3.07. The number of rotatable bonds is 8. The lowest BCUT2D eigenvalue weighted by atomic mass is 10.2. The van der Waals surface area contributed by atoms with Crippen LogP contribution >= 0.6 is 0 Å². The lowest BCUT2D eigenvalue weighted by Gasteiger charge is -2.06. The van der Waals surface area contributed by atoms with Crippen molar-refractivity contribution in [1.29, 1.82) is 0 Å². The highest BCUT2D eigenvalue weighted by Gasteiger charge is 2.04. The molecule has 0 saturated heterocycles. The highest BCUT2D eigenvalue weighted by atomic mass is 16.3. The van der Waals surface area contributed by atoms with Crippen LogP contribution in [0.25, 0.3) is 0 Å². The summed E-state index contributed by atoms with van der Waals surface area (Å²) in [5.41, 5.74) is 5.52. The first-order valence-electron chi connectivity index (χ1n) is 7.17. The second-order valence-corrected chi connectivity index (χ2v) is 5.41. The third kappa shape index (κ3) is 4.78. The smallest absolute Gasteiger partial charge is 0.241 e. The minimum atomic E-state index is 0.295. The van der Waals surface area contributed by atoms with Crippen LogP contribution in [0.2, 0.25) is 0 Å². The summed E-state index contributed by atoms with van der Waals surface area (Å²) < 4.78 is 7.42. The molecule has 0 aromatic carbocycles. The van der Waals surface area contributed by atoms with Crippen LogP contribution in [-0.4, -0.2) is 40.3 Å². The molecule has 0 bridgehead atoms. The summed E-state index contributed by atoms with van der Waals surface area (Å²) in [4.78, 5) is 6.19. The number of nitrogens with one attached hydrogen (secondary N) is 1. The van der Waals surface area contributed by atoms with Gasteiger partial charge in [0, 0.05) is 20.0 Å². The van der Waals surface area contributed by atoms with E-state index in [1.54, 1.807) is 4.68 Å². The van der Waals surface area contributed by atoms with Gasteiger partial charge in [0.1, 0.15) is 11.5 Å². The topological polar surface area (TPSA) is 85.1 Å². The summed E-state index contributed by atoms with van der Waals surface area (Å²) >= 11 is 0. The van der Waals surface area contributed by atoms with Crippen molar-refractivity contribution < 1.29 is 4.42 Å². The summed E-state index contributed by atoms with van der Waals surface area (Å²) in [5, 5.41) is 7.21. The largest absolute Gasteiger partial charge is 0.465 e. The molecule has 2 aromatic heterocycles. The highest BCUT2D eigenvalue weighted by molar-refractivity contribution is 5.31. The molecule has 21 heavy (non-hydrogen) atoms. The normalized spacial score (nSPS) is 11.2. The zero-order valence-corrected chi connectivity index (χ0v) is 13.0. The third-order valence-corrected chi connectivity index (χ3v) is 3.10. The number of furan rings is 1. The van der Waals surface area contributed by atoms with E-state index in [-0.39, 0.29) is 0 Å². The van der Waals surface area contributed by atoms with Crippen LogP contribution in [0.3, 0.4) is 0 Å². The SMILES string of the molecule is CN(C)Cc1ccc(CCCCNc2nc(N)nn2C)o1. The van der Waals surface area contributed by atoms with Gasteiger partial charge in [-0.1, -0.05) is 0 Å². The summed E-state index contributed by atoms with van der Waals surface area (Å²) in [6, 6.07) is 4.12. The van der Waals surface area contributed by atoms with Crippen LogP contribution in [0.1, 0.15) is 24.4 Å². The van der Waals surface area contributed by atoms with Crippen LogP contribution in [-0.2, 0) is 20.0 Å². The predicted octanol–water partition coefficient (Wildman–Crippen LogP) is 1.49. The molecule has 0 aliphatic carbocycles. The molecule has 0 fully saturated rings. The number of nitrogens with zero attached hydrogens (tertiary/aromatic N) is 4. The second kappa shape index (κ2) is 7.12. The van der Waals surface area contributed by atoms with E-state index in [0.717, 1.165) is 43.9 Å². The highest BCUT2D eigenvalue weighted by Crippen LogP contribution is 2.12. The van der Waals surface area contributed by atoms with Crippen molar-refractivity contribution in [2.24, 2.45) is 7.05 Å². The average molecular weight is 292 g/mol. The zero-order valence-electron chi connectivity index (χ0n) is 13.0. The van der Waals surface area contributed by atoms with Gasteiger partial charge in [-0.25, -0.2) is 4.68 Å². The molecule has 0 radical (unpaired) electrons. The fourth-order valence-corrected chi connectivity index (χ4v) is 2.14. The number of unbranched alkanes of at least 4 members (excludes halogenated alkanes) is 1. The number of aromatic nitrogens is 3. The fraction of sp³-hybridized carbons (Fsp3) is 0.571. The van der Waals surface area contributed by atoms with E-state index >= 15 is 0 Å². The molecule has 2 heterocycles. The first-order valence-corrected chi connectivity index (χ1v) is 7.17. The van der Waals surface area contributed by atoms with E-state index in [2.05, 4.69) is 32.4 Å². The van der Waals surface area contributed by atoms with Gasteiger partial charge in [0.05, 0.1) is 6.54 Å². The molecule has 2 aromatic rings. The van der Waals surface area contributed by atoms with E-state index in [9.17, 15) is 0 Å². The van der Waals surface area contributed by atoms with Crippen molar-refractivity contribution in [1.82, 2.24) is 19.7 Å². The van der Waals surface area contributed by atoms with Crippen molar-refractivity contribution >= 4 is 11.9 Å². The average Bonchev–Trinajstić information content (AvgIpc) is 2.95. The number of anilines is 2. The maximum absolute atomic E-state index is 5.78. The Balaban J connectivity index is 1.65. The Bertz CT molecular complexity index is 560. The molecule has 116 valence electrons. The van der Waals surface area contributed by atoms with E-state index in [4.69, 9.17) is 10.2 Å². The maximum Gasteiger partial charge on any atom is 0.241 e. The minimum Gasteiger partial charge on any atom is -0.465 e. The van der Waals surface area contributed by atoms with Gasteiger partial charge in [0.15, 0.2) is 0 Å². The van der Waals surface area contributed by atoms with Crippen molar-refractivity contribution in [3.05, 3.63) is 23.7 Å². The monoisotopic (exact) mass is 292 g/mol. The molecule has 0 atom stereocenters. The minimum absolute atomic E-state index is 0.295. The zero-order chi connectivity index (χ0) is 15.2. The fourth-order valence-electron chi connectivity index (χ4n) is 2.14. The molecule has 0 aliphatic heterocycles. The lowest BCUT2D eigenvalue weighted by Crippen LogP contribution is -2.09. The number of nitrogen functional groups attached to an aromatic ring is 1. The molecule has 2 rings (SSSR count). The standard InChI is InChI=1S/C14H24N6O/c1-19(2)10-12-8-7-11(21-12)6-4-5-9-16-14-17-13(15)18-20(14)3/h7-8H,4-6,9-10H2,1-3H3,(H3,15,16,17,18). The summed E-state index contributed by atoms with van der Waals surface area (Å²) in [7, 11) is 5.89. The molecule has 7 nitrogen and oxygen atoms in total. The Hall–Kier alpha value is -2.02. The lowest BCUT2D eigenvalue weighted by molar-refractivity contribution is 0.341. The number of nitrogens with two attached hydrogens (primary N) is 1. The van der Waals surface area contributed by atoms with Gasteiger partial charge in [-0.2, -0.15) is 4.98 Å². The molecule has 0 spiro atoms. The summed E-state index contributed by atoms with van der Waals surface area (Å²) in [6.45, 7) is 1.69. The van der Waals surface area contributed by atoms with E-state index < -0.39 is 0 Å². The predicted molar refractivity (Wildman–Crippen MR) is 82.9 cm³/mol. The van der Waals surface area contributed by atoms with Gasteiger partial charge in [0.25, 0.3) is 0 Å². The molecule has 0 saturated carbocycles. The van der Waals surface area contributed by atoms with Crippen LogP contribution in [0.15, 0.2) is 16.5 Å². The van der Waals surface area contributed by atoms with E-state index in [1.807, 2.05) is 21.1 Å². The van der Waals surface area contributed by atoms with E-state index in [0.29, 0.717) is 11.9 Å². The Morgan fingerprint density at radius 2 is 2.05 bits per heavy atom. The molecular formula is C14H24N6O. The maximum atomic E-state index is 5.78. The molecule has 0 amide bonds. The van der Waals surface area contributed by atoms with Crippen molar-refractivity contribution in [2.45, 2.75) is 25.8 Å². The Kier molecular flexibility index (Phi) is 5.21.